The molecule has 0 N–H and O–H groups in total. The molecule has 0 heterocycles. The zero-order valence-electron chi connectivity index (χ0n) is 25.3. The van der Waals surface area contributed by atoms with Crippen LogP contribution in [-0.4, -0.2) is 25.8 Å². The van der Waals surface area contributed by atoms with E-state index in [9.17, 15) is 4.79 Å². The fourth-order valence-corrected chi connectivity index (χ4v) is 8.47. The van der Waals surface area contributed by atoms with E-state index in [1.54, 1.807) is 0 Å². The summed E-state index contributed by atoms with van der Waals surface area (Å²) in [5.41, 5.74) is 4.95. The van der Waals surface area contributed by atoms with Crippen molar-refractivity contribution in [3.63, 3.8) is 0 Å². The highest BCUT2D eigenvalue weighted by Gasteiger charge is 2.10. The average Bonchev–Trinajstić information content (AvgIpc) is 3.00. The van der Waals surface area contributed by atoms with Gasteiger partial charge < -0.3 is 8.85 Å². The van der Waals surface area contributed by atoms with Crippen LogP contribution in [0, 0.1) is 11.8 Å². The maximum atomic E-state index is 11.8. The second kappa shape index (κ2) is 17.9. The molecular formula is C35H50O3Si2. The Morgan fingerprint density at radius 2 is 1.05 bits per heavy atom. The van der Waals surface area contributed by atoms with Crippen molar-refractivity contribution in [1.82, 2.24) is 0 Å². The fraction of sp³-hybridized carbons (Fsp3) is 0.457. The van der Waals surface area contributed by atoms with E-state index < -0.39 is 19.5 Å². The molecule has 0 aliphatic heterocycles. The summed E-state index contributed by atoms with van der Waals surface area (Å²) in [4.78, 5) is 11.8. The standard InChI is InChI=1S/C35H50O3Si2/c1-5-9-11-27(7-3)25-39-37-34-17-13-30(14-18-34)32-21-29(24-36)22-33(23-32)31-15-19-35(20-16-31)38-40-26-28(8-4)12-10-6-2/h13-24,27-28H,5-12,25-26,39-40H2,1-4H3. The van der Waals surface area contributed by atoms with Gasteiger partial charge in [-0.3, -0.25) is 4.79 Å². The van der Waals surface area contributed by atoms with Gasteiger partial charge in [-0.25, -0.2) is 0 Å². The summed E-state index contributed by atoms with van der Waals surface area (Å²) in [5, 5.41) is 0. The van der Waals surface area contributed by atoms with Crippen LogP contribution in [-0.2, 0) is 0 Å². The van der Waals surface area contributed by atoms with Gasteiger partial charge in [-0.15, -0.1) is 0 Å². The summed E-state index contributed by atoms with van der Waals surface area (Å²) in [6, 6.07) is 25.3. The average molecular weight is 575 g/mol. The van der Waals surface area contributed by atoms with E-state index in [1.165, 1.54) is 63.5 Å². The van der Waals surface area contributed by atoms with Crippen molar-refractivity contribution in [2.24, 2.45) is 11.8 Å². The van der Waals surface area contributed by atoms with Gasteiger partial charge in [0, 0.05) is 5.56 Å². The van der Waals surface area contributed by atoms with Crippen LogP contribution in [0.3, 0.4) is 0 Å². The molecule has 5 heteroatoms. The molecule has 0 amide bonds. The van der Waals surface area contributed by atoms with Crippen molar-refractivity contribution in [3.05, 3.63) is 72.3 Å². The topological polar surface area (TPSA) is 35.5 Å². The van der Waals surface area contributed by atoms with Crippen molar-refractivity contribution in [2.45, 2.75) is 91.1 Å². The minimum Gasteiger partial charge on any atom is -0.549 e. The van der Waals surface area contributed by atoms with Crippen molar-refractivity contribution in [3.8, 4) is 33.8 Å². The lowest BCUT2D eigenvalue weighted by Gasteiger charge is -2.15. The van der Waals surface area contributed by atoms with Crippen LogP contribution in [0.1, 0.15) is 89.4 Å². The maximum Gasteiger partial charge on any atom is 0.219 e. The quantitative estimate of drug-likeness (QED) is 0.106. The van der Waals surface area contributed by atoms with Crippen LogP contribution in [0.2, 0.25) is 12.1 Å². The predicted octanol–water partition coefficient (Wildman–Crippen LogP) is 9.03. The largest absolute Gasteiger partial charge is 0.549 e. The van der Waals surface area contributed by atoms with Gasteiger partial charge in [0.2, 0.25) is 19.5 Å². The molecule has 3 nitrogen and oxygen atoms in total. The number of hydrogen-bond acceptors (Lipinski definition) is 3. The van der Waals surface area contributed by atoms with Crippen molar-refractivity contribution in [2.75, 3.05) is 0 Å². The zero-order chi connectivity index (χ0) is 28.6. The number of benzene rings is 3. The molecule has 3 aromatic rings. The molecule has 0 aromatic heterocycles. The van der Waals surface area contributed by atoms with Gasteiger partial charge in [0.15, 0.2) is 0 Å². The summed E-state index contributed by atoms with van der Waals surface area (Å²) < 4.78 is 12.4. The van der Waals surface area contributed by atoms with E-state index in [1.807, 2.05) is 12.1 Å². The van der Waals surface area contributed by atoms with Crippen LogP contribution in [0.5, 0.6) is 11.5 Å². The zero-order valence-corrected chi connectivity index (χ0v) is 28.1. The van der Waals surface area contributed by atoms with Gasteiger partial charge in [-0.2, -0.15) is 0 Å². The fourth-order valence-electron chi connectivity index (χ4n) is 5.32. The number of rotatable bonds is 19. The molecule has 2 atom stereocenters. The van der Waals surface area contributed by atoms with Gasteiger partial charge in [-0.1, -0.05) is 103 Å². The smallest absolute Gasteiger partial charge is 0.219 e. The maximum absolute atomic E-state index is 11.8. The van der Waals surface area contributed by atoms with Crippen molar-refractivity contribution < 1.29 is 13.6 Å². The molecule has 0 spiro atoms. The lowest BCUT2D eigenvalue weighted by molar-refractivity contribution is 0.112. The van der Waals surface area contributed by atoms with Crippen LogP contribution in [0.4, 0.5) is 0 Å². The Morgan fingerprint density at radius 1 is 0.625 bits per heavy atom. The molecule has 0 saturated heterocycles. The molecule has 2 unspecified atom stereocenters. The summed E-state index contributed by atoms with van der Waals surface area (Å²) in [6.07, 6.45) is 11.3. The third-order valence-corrected chi connectivity index (χ3v) is 11.3. The number of carbonyl (C=O) groups excluding carboxylic acids is 1. The molecule has 40 heavy (non-hydrogen) atoms. The summed E-state index contributed by atoms with van der Waals surface area (Å²) >= 11 is 0. The predicted molar refractivity (Wildman–Crippen MR) is 177 cm³/mol. The van der Waals surface area contributed by atoms with E-state index in [0.29, 0.717) is 5.56 Å². The Balaban J connectivity index is 1.62. The first-order chi connectivity index (χ1) is 19.6. The second-order valence-electron chi connectivity index (χ2n) is 11.1. The molecule has 0 aliphatic rings. The first-order valence-electron chi connectivity index (χ1n) is 15.7. The van der Waals surface area contributed by atoms with Crippen molar-refractivity contribution >= 4 is 25.8 Å². The molecule has 0 fully saturated rings. The molecule has 3 aromatic carbocycles. The van der Waals surface area contributed by atoms with E-state index in [-0.39, 0.29) is 0 Å². The van der Waals surface area contributed by atoms with Crippen LogP contribution in [0.25, 0.3) is 22.3 Å². The van der Waals surface area contributed by atoms with E-state index in [0.717, 1.165) is 51.9 Å². The Labute approximate surface area is 248 Å². The normalized spacial score (nSPS) is 13.2. The number of carbonyl (C=O) groups is 1. The highest BCUT2D eigenvalue weighted by atomic mass is 28.2. The lowest BCUT2D eigenvalue weighted by atomic mass is 9.96. The lowest BCUT2D eigenvalue weighted by Crippen LogP contribution is -2.09. The molecule has 3 rings (SSSR count). The Morgan fingerprint density at radius 3 is 1.40 bits per heavy atom. The van der Waals surface area contributed by atoms with E-state index in [4.69, 9.17) is 8.85 Å². The molecule has 0 radical (unpaired) electrons. The Bertz CT molecular complexity index is 1040. The monoisotopic (exact) mass is 574 g/mol. The number of hydrogen-bond donors (Lipinski definition) is 0. The summed E-state index contributed by atoms with van der Waals surface area (Å²) in [6.45, 7) is 9.13. The molecule has 0 saturated carbocycles. The highest BCUT2D eigenvalue weighted by molar-refractivity contribution is 6.28. The third-order valence-electron chi connectivity index (χ3n) is 8.14. The summed E-state index contributed by atoms with van der Waals surface area (Å²) in [5.74, 6) is 3.54. The highest BCUT2D eigenvalue weighted by Crippen LogP contribution is 2.30. The van der Waals surface area contributed by atoms with Gasteiger partial charge in [0.25, 0.3) is 0 Å². The van der Waals surface area contributed by atoms with Crippen LogP contribution in [0.15, 0.2) is 66.7 Å². The van der Waals surface area contributed by atoms with Crippen LogP contribution < -0.4 is 8.85 Å². The van der Waals surface area contributed by atoms with E-state index in [2.05, 4.69) is 82.3 Å². The number of aldehydes is 1. The van der Waals surface area contributed by atoms with Crippen LogP contribution >= 0.6 is 0 Å². The molecular weight excluding hydrogens is 525 g/mol. The van der Waals surface area contributed by atoms with Crippen molar-refractivity contribution in [1.29, 1.82) is 0 Å². The van der Waals surface area contributed by atoms with Gasteiger partial charge in [0.05, 0.1) is 0 Å². The molecule has 216 valence electrons. The van der Waals surface area contributed by atoms with Gasteiger partial charge >= 0.3 is 0 Å². The first kappa shape index (κ1) is 31.9. The first-order valence-corrected chi connectivity index (χ1v) is 18.8. The SMILES string of the molecule is CCCCC(CC)C[SiH2]Oc1ccc(-c2cc(C=O)cc(-c3ccc(O[SiH2]CC(CC)CCCC)cc3)c2)cc1. The van der Waals surface area contributed by atoms with Gasteiger partial charge in [0.1, 0.15) is 17.8 Å². The number of unbranched alkanes of at least 4 members (excludes halogenated alkanes) is 2. The third kappa shape index (κ3) is 10.4. The van der Waals surface area contributed by atoms with Gasteiger partial charge in [-0.05, 0) is 88.6 Å². The minimum absolute atomic E-state index is 0.573. The minimum atomic E-state index is -0.573. The summed E-state index contributed by atoms with van der Waals surface area (Å²) in [7, 11) is -1.15. The second-order valence-corrected chi connectivity index (χ2v) is 13.7. The molecule has 0 aliphatic carbocycles. The van der Waals surface area contributed by atoms with E-state index >= 15 is 0 Å². The Hall–Kier alpha value is -2.64. The Kier molecular flexibility index (Phi) is 14.3. The molecule has 0 bridgehead atoms.